The molecule has 2 heterocycles. The van der Waals surface area contributed by atoms with Crippen molar-refractivity contribution in [2.75, 3.05) is 7.11 Å². The van der Waals surface area contributed by atoms with Crippen molar-refractivity contribution in [1.82, 2.24) is 24.9 Å². The second-order valence-corrected chi connectivity index (χ2v) is 8.67. The molecule has 8 heteroatoms. The van der Waals surface area contributed by atoms with E-state index in [4.69, 9.17) is 9.72 Å². The molecule has 4 aromatic rings. The topological polar surface area (TPSA) is 81.4 Å². The van der Waals surface area contributed by atoms with Gasteiger partial charge < -0.3 is 10.1 Å². The largest absolute Gasteiger partial charge is 0.497 e. The number of para-hydroxylation sites is 1. The maximum Gasteiger partial charge on any atom is 0.233 e. The van der Waals surface area contributed by atoms with E-state index in [1.807, 2.05) is 59.9 Å². The standard InChI is InChI=1S/C22H21N5O2S/c1-13(21(28)23-15-9-10-15)30-22-26-25-20-17-5-3-4-6-18(17)24-19(27(20)22)14-7-11-16(29-2)12-8-14/h3-8,11-13,15H,9-10H2,1-2H3,(H,23,28)/t13-/m1/s1. The molecule has 1 fully saturated rings. The Bertz CT molecular complexity index is 1230. The molecule has 0 spiro atoms. The minimum atomic E-state index is -0.284. The molecule has 1 N–H and O–H groups in total. The molecule has 0 aliphatic heterocycles. The molecule has 2 aromatic carbocycles. The summed E-state index contributed by atoms with van der Waals surface area (Å²) in [6, 6.07) is 15.9. The zero-order valence-corrected chi connectivity index (χ0v) is 17.5. The molecule has 1 amide bonds. The van der Waals surface area contributed by atoms with Gasteiger partial charge in [0.15, 0.2) is 10.8 Å². The Morgan fingerprint density at radius 3 is 2.67 bits per heavy atom. The van der Waals surface area contributed by atoms with Gasteiger partial charge in [0.05, 0.1) is 17.9 Å². The van der Waals surface area contributed by atoms with Gasteiger partial charge in [0, 0.05) is 17.0 Å². The molecule has 30 heavy (non-hydrogen) atoms. The van der Waals surface area contributed by atoms with Gasteiger partial charge in [0.25, 0.3) is 0 Å². The number of nitrogens with zero attached hydrogens (tertiary/aromatic N) is 4. The van der Waals surface area contributed by atoms with Crippen molar-refractivity contribution >= 4 is 34.2 Å². The summed E-state index contributed by atoms with van der Waals surface area (Å²) in [5.74, 6) is 1.53. The summed E-state index contributed by atoms with van der Waals surface area (Å²) < 4.78 is 7.23. The van der Waals surface area contributed by atoms with Crippen LogP contribution in [0.2, 0.25) is 0 Å². The monoisotopic (exact) mass is 419 g/mol. The average Bonchev–Trinajstić information content (AvgIpc) is 3.50. The van der Waals surface area contributed by atoms with Crippen LogP contribution in [-0.2, 0) is 4.79 Å². The molecule has 5 rings (SSSR count). The minimum absolute atomic E-state index is 0.0268. The lowest BCUT2D eigenvalue weighted by Crippen LogP contribution is -2.32. The van der Waals surface area contributed by atoms with Crippen molar-refractivity contribution < 1.29 is 9.53 Å². The number of carbonyl (C=O) groups excluding carboxylic acids is 1. The van der Waals surface area contributed by atoms with Crippen molar-refractivity contribution in [3.05, 3.63) is 48.5 Å². The van der Waals surface area contributed by atoms with Crippen molar-refractivity contribution in [3.8, 4) is 17.1 Å². The number of thioether (sulfide) groups is 1. The molecular weight excluding hydrogens is 398 g/mol. The summed E-state index contributed by atoms with van der Waals surface area (Å²) in [5.41, 5.74) is 2.49. The van der Waals surface area contributed by atoms with Crippen LogP contribution in [0.15, 0.2) is 53.7 Å². The number of fused-ring (bicyclic) bond motifs is 3. The third kappa shape index (κ3) is 3.47. The van der Waals surface area contributed by atoms with Crippen LogP contribution >= 0.6 is 11.8 Å². The number of carbonyl (C=O) groups is 1. The molecule has 0 bridgehead atoms. The third-order valence-electron chi connectivity index (χ3n) is 5.14. The highest BCUT2D eigenvalue weighted by atomic mass is 32.2. The minimum Gasteiger partial charge on any atom is -0.497 e. The Balaban J connectivity index is 1.62. The van der Waals surface area contributed by atoms with Crippen molar-refractivity contribution in [2.45, 2.75) is 36.2 Å². The Morgan fingerprint density at radius 1 is 1.17 bits per heavy atom. The first-order valence-corrected chi connectivity index (χ1v) is 10.8. The Labute approximate surface area is 177 Å². The predicted molar refractivity (Wildman–Crippen MR) is 117 cm³/mol. The van der Waals surface area contributed by atoms with Crippen LogP contribution in [0.25, 0.3) is 27.9 Å². The van der Waals surface area contributed by atoms with Gasteiger partial charge in [-0.05, 0) is 56.2 Å². The van der Waals surface area contributed by atoms with Gasteiger partial charge in [0.1, 0.15) is 11.6 Å². The van der Waals surface area contributed by atoms with Crippen molar-refractivity contribution in [1.29, 1.82) is 0 Å². The highest BCUT2D eigenvalue weighted by Crippen LogP contribution is 2.31. The number of amides is 1. The SMILES string of the molecule is COc1ccc(-c2nc3ccccc3c3nnc(S[C@H](C)C(=O)NC4CC4)n23)cc1. The summed E-state index contributed by atoms with van der Waals surface area (Å²) in [7, 11) is 1.64. The summed E-state index contributed by atoms with van der Waals surface area (Å²) in [4.78, 5) is 17.4. The average molecular weight is 420 g/mol. The first-order valence-electron chi connectivity index (χ1n) is 9.89. The summed E-state index contributed by atoms with van der Waals surface area (Å²) in [5, 5.41) is 13.2. The first kappa shape index (κ1) is 18.9. The van der Waals surface area contributed by atoms with Gasteiger partial charge in [-0.25, -0.2) is 4.98 Å². The molecule has 1 aliphatic carbocycles. The van der Waals surface area contributed by atoms with E-state index in [1.165, 1.54) is 11.8 Å². The fourth-order valence-electron chi connectivity index (χ4n) is 3.33. The maximum atomic E-state index is 12.5. The number of benzene rings is 2. The van der Waals surface area contributed by atoms with Gasteiger partial charge in [-0.15, -0.1) is 10.2 Å². The molecule has 0 saturated heterocycles. The molecule has 1 saturated carbocycles. The second-order valence-electron chi connectivity index (χ2n) is 7.37. The number of hydrogen-bond donors (Lipinski definition) is 1. The Morgan fingerprint density at radius 2 is 1.93 bits per heavy atom. The van der Waals surface area contributed by atoms with E-state index >= 15 is 0 Å². The lowest BCUT2D eigenvalue weighted by atomic mass is 10.1. The Kier molecular flexibility index (Phi) is 4.78. The number of methoxy groups -OCH3 is 1. The lowest BCUT2D eigenvalue weighted by Gasteiger charge is -2.13. The summed E-state index contributed by atoms with van der Waals surface area (Å²) >= 11 is 1.40. The molecule has 1 aliphatic rings. The zero-order chi connectivity index (χ0) is 20.7. The van der Waals surface area contributed by atoms with E-state index in [2.05, 4.69) is 15.5 Å². The van der Waals surface area contributed by atoms with E-state index in [9.17, 15) is 4.79 Å². The van der Waals surface area contributed by atoms with Crippen LogP contribution in [0.3, 0.4) is 0 Å². The summed E-state index contributed by atoms with van der Waals surface area (Å²) in [6.07, 6.45) is 2.13. The van der Waals surface area contributed by atoms with Crippen LogP contribution in [0.5, 0.6) is 5.75 Å². The molecule has 152 valence electrons. The van der Waals surface area contributed by atoms with Crippen LogP contribution in [-0.4, -0.2) is 43.9 Å². The highest BCUT2D eigenvalue weighted by Gasteiger charge is 2.27. The third-order valence-corrected chi connectivity index (χ3v) is 6.18. The second kappa shape index (κ2) is 7.60. The van der Waals surface area contributed by atoms with Crippen molar-refractivity contribution in [2.24, 2.45) is 0 Å². The number of nitrogens with one attached hydrogen (secondary N) is 1. The number of hydrogen-bond acceptors (Lipinski definition) is 6. The molecule has 7 nitrogen and oxygen atoms in total. The Hall–Kier alpha value is -3.13. The van der Waals surface area contributed by atoms with Gasteiger partial charge in [-0.1, -0.05) is 23.9 Å². The molecule has 0 unspecified atom stereocenters. The van der Waals surface area contributed by atoms with Gasteiger partial charge in [0.2, 0.25) is 5.91 Å². The summed E-state index contributed by atoms with van der Waals surface area (Å²) in [6.45, 7) is 1.89. The van der Waals surface area contributed by atoms with Gasteiger partial charge in [-0.2, -0.15) is 0 Å². The smallest absolute Gasteiger partial charge is 0.233 e. The first-order chi connectivity index (χ1) is 14.6. The van der Waals surface area contributed by atoms with E-state index in [0.717, 1.165) is 46.5 Å². The molecule has 2 aromatic heterocycles. The molecular formula is C22H21N5O2S. The lowest BCUT2D eigenvalue weighted by molar-refractivity contribution is -0.120. The van der Waals surface area contributed by atoms with E-state index in [0.29, 0.717) is 11.2 Å². The van der Waals surface area contributed by atoms with Crippen LogP contribution in [0, 0.1) is 0 Å². The predicted octanol–water partition coefficient (Wildman–Crippen LogP) is 3.71. The number of ether oxygens (including phenoxy) is 1. The number of aromatic nitrogens is 4. The van der Waals surface area contributed by atoms with Gasteiger partial charge >= 0.3 is 0 Å². The van der Waals surface area contributed by atoms with Crippen LogP contribution in [0.1, 0.15) is 19.8 Å². The van der Waals surface area contributed by atoms with E-state index < -0.39 is 0 Å². The van der Waals surface area contributed by atoms with Gasteiger partial charge in [-0.3, -0.25) is 9.20 Å². The normalized spacial score (nSPS) is 14.7. The van der Waals surface area contributed by atoms with E-state index in [-0.39, 0.29) is 11.2 Å². The zero-order valence-electron chi connectivity index (χ0n) is 16.7. The number of rotatable bonds is 6. The molecule has 1 atom stereocenters. The van der Waals surface area contributed by atoms with E-state index in [1.54, 1.807) is 7.11 Å². The highest BCUT2D eigenvalue weighted by molar-refractivity contribution is 8.00. The fourth-order valence-corrected chi connectivity index (χ4v) is 4.19. The molecule has 0 radical (unpaired) electrons. The maximum absolute atomic E-state index is 12.5. The fraction of sp³-hybridized carbons (Fsp3) is 0.273. The van der Waals surface area contributed by atoms with Crippen LogP contribution < -0.4 is 10.1 Å². The van der Waals surface area contributed by atoms with Crippen LogP contribution in [0.4, 0.5) is 0 Å². The quantitative estimate of drug-likeness (QED) is 0.480. The van der Waals surface area contributed by atoms with Crippen molar-refractivity contribution in [3.63, 3.8) is 0 Å².